The largest absolute Gasteiger partial charge is 0.480 e. The van der Waals surface area contributed by atoms with Crippen molar-refractivity contribution in [2.45, 2.75) is 18.9 Å². The van der Waals surface area contributed by atoms with Gasteiger partial charge in [-0.15, -0.1) is 0 Å². The van der Waals surface area contributed by atoms with Gasteiger partial charge in [-0.25, -0.2) is 4.98 Å². The van der Waals surface area contributed by atoms with Gasteiger partial charge in [-0.05, 0) is 37.2 Å². The van der Waals surface area contributed by atoms with Gasteiger partial charge in [0.15, 0.2) is 5.11 Å². The number of pyridine rings is 1. The number of hydrogen-bond donors (Lipinski definition) is 2. The molecule has 0 aromatic carbocycles. The Labute approximate surface area is 112 Å². The van der Waals surface area contributed by atoms with Gasteiger partial charge in [0.1, 0.15) is 5.69 Å². The molecule has 1 aliphatic rings. The van der Waals surface area contributed by atoms with E-state index < -0.39 is 0 Å². The smallest absolute Gasteiger partial charge is 0.237 e. The number of methoxy groups -OCH3 is 1. The highest BCUT2D eigenvalue weighted by Crippen LogP contribution is 2.19. The molecule has 2 heterocycles. The standard InChI is InChI=1S/C12H17N3O2S/c1-16-11-10(5-2-6-13-11)15-12(18)14-8-9-4-3-7-17-9/h2,5-6,9H,3-4,7-8H2,1H3,(H2,14,15,18)/t9-/m0/s1. The van der Waals surface area contributed by atoms with Gasteiger partial charge in [-0.1, -0.05) is 0 Å². The lowest BCUT2D eigenvalue weighted by Crippen LogP contribution is -2.34. The third kappa shape index (κ3) is 3.54. The van der Waals surface area contributed by atoms with E-state index in [-0.39, 0.29) is 6.10 Å². The van der Waals surface area contributed by atoms with Crippen LogP contribution < -0.4 is 15.4 Å². The highest BCUT2D eigenvalue weighted by atomic mass is 32.1. The highest BCUT2D eigenvalue weighted by molar-refractivity contribution is 7.80. The van der Waals surface area contributed by atoms with E-state index >= 15 is 0 Å². The molecule has 0 aliphatic carbocycles. The van der Waals surface area contributed by atoms with E-state index in [0.29, 0.717) is 11.0 Å². The van der Waals surface area contributed by atoms with Crippen LogP contribution >= 0.6 is 12.2 Å². The van der Waals surface area contributed by atoms with E-state index in [0.717, 1.165) is 31.7 Å². The van der Waals surface area contributed by atoms with Crippen LogP contribution in [0.15, 0.2) is 18.3 Å². The second-order valence-electron chi connectivity index (χ2n) is 4.03. The Hall–Kier alpha value is -1.40. The highest BCUT2D eigenvalue weighted by Gasteiger charge is 2.15. The van der Waals surface area contributed by atoms with Crippen molar-refractivity contribution >= 4 is 23.0 Å². The van der Waals surface area contributed by atoms with E-state index in [1.54, 1.807) is 13.3 Å². The van der Waals surface area contributed by atoms with Crippen LogP contribution in [0.4, 0.5) is 5.69 Å². The minimum Gasteiger partial charge on any atom is -0.480 e. The molecule has 98 valence electrons. The average molecular weight is 267 g/mol. The predicted molar refractivity (Wildman–Crippen MR) is 74.0 cm³/mol. The van der Waals surface area contributed by atoms with Gasteiger partial charge in [0.2, 0.25) is 5.88 Å². The second kappa shape index (κ2) is 6.51. The third-order valence-electron chi connectivity index (χ3n) is 2.73. The topological polar surface area (TPSA) is 55.4 Å². The Morgan fingerprint density at radius 2 is 2.56 bits per heavy atom. The summed E-state index contributed by atoms with van der Waals surface area (Å²) in [5.41, 5.74) is 0.754. The fraction of sp³-hybridized carbons (Fsp3) is 0.500. The molecule has 0 bridgehead atoms. The fourth-order valence-corrected chi connectivity index (χ4v) is 2.02. The summed E-state index contributed by atoms with van der Waals surface area (Å²) in [6, 6.07) is 3.69. The molecule has 6 heteroatoms. The number of hydrogen-bond acceptors (Lipinski definition) is 4. The monoisotopic (exact) mass is 267 g/mol. The van der Waals surface area contributed by atoms with Crippen molar-refractivity contribution in [1.82, 2.24) is 10.3 Å². The molecule has 1 saturated heterocycles. The van der Waals surface area contributed by atoms with Gasteiger partial charge in [-0.3, -0.25) is 0 Å². The third-order valence-corrected chi connectivity index (χ3v) is 2.97. The van der Waals surface area contributed by atoms with Gasteiger partial charge >= 0.3 is 0 Å². The van der Waals surface area contributed by atoms with Crippen molar-refractivity contribution in [3.63, 3.8) is 0 Å². The molecule has 1 aromatic heterocycles. The van der Waals surface area contributed by atoms with Gasteiger partial charge in [-0.2, -0.15) is 0 Å². The van der Waals surface area contributed by atoms with Crippen molar-refractivity contribution < 1.29 is 9.47 Å². The van der Waals surface area contributed by atoms with Gasteiger partial charge in [0.25, 0.3) is 0 Å². The number of nitrogens with zero attached hydrogens (tertiary/aromatic N) is 1. The predicted octanol–water partition coefficient (Wildman–Crippen LogP) is 1.56. The Bertz CT molecular complexity index is 408. The van der Waals surface area contributed by atoms with E-state index in [2.05, 4.69) is 15.6 Å². The van der Waals surface area contributed by atoms with Crippen molar-refractivity contribution in [2.75, 3.05) is 25.6 Å². The van der Waals surface area contributed by atoms with Crippen LogP contribution in [0, 0.1) is 0 Å². The van der Waals surface area contributed by atoms with Crippen LogP contribution in [0.25, 0.3) is 0 Å². The molecule has 5 nitrogen and oxygen atoms in total. The quantitative estimate of drug-likeness (QED) is 0.807. The van der Waals surface area contributed by atoms with Crippen LogP contribution in [-0.4, -0.2) is 36.5 Å². The molecule has 1 fully saturated rings. The van der Waals surface area contributed by atoms with Crippen LogP contribution in [0.2, 0.25) is 0 Å². The SMILES string of the molecule is COc1ncccc1NC(=S)NC[C@@H]1CCCO1. The normalized spacial score (nSPS) is 18.4. The lowest BCUT2D eigenvalue weighted by Gasteiger charge is -2.14. The number of anilines is 1. The summed E-state index contributed by atoms with van der Waals surface area (Å²) >= 11 is 5.22. The summed E-state index contributed by atoms with van der Waals surface area (Å²) < 4.78 is 10.6. The summed E-state index contributed by atoms with van der Waals surface area (Å²) in [5.74, 6) is 0.527. The molecule has 1 aromatic rings. The molecule has 0 unspecified atom stereocenters. The molecular formula is C12H17N3O2S. The number of ether oxygens (including phenoxy) is 2. The van der Waals surface area contributed by atoms with Gasteiger partial charge < -0.3 is 20.1 Å². The van der Waals surface area contributed by atoms with Crippen molar-refractivity contribution in [3.8, 4) is 5.88 Å². The van der Waals surface area contributed by atoms with E-state index in [9.17, 15) is 0 Å². The summed E-state index contributed by atoms with van der Waals surface area (Å²) in [7, 11) is 1.58. The zero-order valence-corrected chi connectivity index (χ0v) is 11.1. The fourth-order valence-electron chi connectivity index (χ4n) is 1.83. The minimum atomic E-state index is 0.264. The Balaban J connectivity index is 1.82. The maximum atomic E-state index is 5.51. The van der Waals surface area contributed by atoms with Crippen LogP contribution in [0.3, 0.4) is 0 Å². The first kappa shape index (κ1) is 13.0. The maximum absolute atomic E-state index is 5.51. The average Bonchev–Trinajstić information content (AvgIpc) is 2.90. The van der Waals surface area contributed by atoms with Gasteiger partial charge in [0.05, 0.1) is 13.2 Å². The van der Waals surface area contributed by atoms with Crippen molar-refractivity contribution in [1.29, 1.82) is 0 Å². The van der Waals surface area contributed by atoms with E-state index in [4.69, 9.17) is 21.7 Å². The number of aromatic nitrogens is 1. The molecule has 0 amide bonds. The van der Waals surface area contributed by atoms with E-state index in [1.165, 1.54) is 0 Å². The van der Waals surface area contributed by atoms with Crippen molar-refractivity contribution in [3.05, 3.63) is 18.3 Å². The molecule has 2 N–H and O–H groups in total. The zero-order chi connectivity index (χ0) is 12.8. The molecule has 0 radical (unpaired) electrons. The number of rotatable bonds is 4. The first-order valence-corrected chi connectivity index (χ1v) is 6.36. The van der Waals surface area contributed by atoms with Crippen LogP contribution in [0.1, 0.15) is 12.8 Å². The molecule has 0 saturated carbocycles. The Morgan fingerprint density at radius 1 is 1.67 bits per heavy atom. The van der Waals surface area contributed by atoms with Crippen LogP contribution in [0.5, 0.6) is 5.88 Å². The lowest BCUT2D eigenvalue weighted by atomic mass is 10.2. The van der Waals surface area contributed by atoms with E-state index in [1.807, 2.05) is 12.1 Å². The first-order chi connectivity index (χ1) is 8.79. The lowest BCUT2D eigenvalue weighted by molar-refractivity contribution is 0.114. The summed E-state index contributed by atoms with van der Waals surface area (Å²) in [4.78, 5) is 4.09. The number of nitrogens with one attached hydrogen (secondary N) is 2. The Morgan fingerprint density at radius 3 is 3.28 bits per heavy atom. The summed E-state index contributed by atoms with van der Waals surface area (Å²) in [5, 5.41) is 6.75. The maximum Gasteiger partial charge on any atom is 0.237 e. The molecule has 1 aliphatic heterocycles. The van der Waals surface area contributed by atoms with Gasteiger partial charge in [0, 0.05) is 19.3 Å². The first-order valence-electron chi connectivity index (χ1n) is 5.95. The summed E-state index contributed by atoms with van der Waals surface area (Å²) in [6.07, 6.45) is 4.15. The molecule has 2 rings (SSSR count). The Kier molecular flexibility index (Phi) is 4.72. The molecule has 18 heavy (non-hydrogen) atoms. The zero-order valence-electron chi connectivity index (χ0n) is 10.3. The van der Waals surface area contributed by atoms with Crippen LogP contribution in [-0.2, 0) is 4.74 Å². The minimum absolute atomic E-state index is 0.264. The number of thiocarbonyl (C=S) groups is 1. The second-order valence-corrected chi connectivity index (χ2v) is 4.44. The van der Waals surface area contributed by atoms with Crippen molar-refractivity contribution in [2.24, 2.45) is 0 Å². The molecular weight excluding hydrogens is 250 g/mol. The summed E-state index contributed by atoms with van der Waals surface area (Å²) in [6.45, 7) is 1.58. The molecule has 1 atom stereocenters. The molecule has 0 spiro atoms.